The van der Waals surface area contributed by atoms with Crippen LogP contribution in [0.25, 0.3) is 16.7 Å². The van der Waals surface area contributed by atoms with E-state index in [1.165, 1.54) is 25.5 Å². The number of fused-ring (bicyclic) bond motifs is 1. The molecule has 1 amide bonds. The Morgan fingerprint density at radius 3 is 2.36 bits per heavy atom. The van der Waals surface area contributed by atoms with Crippen molar-refractivity contribution in [1.82, 2.24) is 15.0 Å². The number of amides is 1. The van der Waals surface area contributed by atoms with Gasteiger partial charge >= 0.3 is 0 Å². The summed E-state index contributed by atoms with van der Waals surface area (Å²) < 4.78 is 10.6. The molecule has 3 aromatic carbocycles. The Balaban J connectivity index is 1.59. The molecular weight excluding hydrogens is 416 g/mol. The highest BCUT2D eigenvalue weighted by molar-refractivity contribution is 6.07. The van der Waals surface area contributed by atoms with E-state index >= 15 is 0 Å². The van der Waals surface area contributed by atoms with Crippen molar-refractivity contribution < 1.29 is 14.3 Å². The van der Waals surface area contributed by atoms with Gasteiger partial charge in [-0.05, 0) is 67.3 Å². The molecule has 0 spiro atoms. The predicted octanol–water partition coefficient (Wildman–Crippen LogP) is 5.34. The smallest absolute Gasteiger partial charge is 0.259 e. The molecule has 33 heavy (non-hydrogen) atoms. The first-order valence-corrected chi connectivity index (χ1v) is 11.0. The summed E-state index contributed by atoms with van der Waals surface area (Å²) in [6.07, 6.45) is 3.43. The Bertz CT molecular complexity index is 1280. The SMILES string of the molecule is CCCCc1ccc(-n2nc3cc(C)c(NC(=O)c4ccc(OC)cc4OC)cc3n2)cc1. The molecule has 0 bridgehead atoms. The lowest BCUT2D eigenvalue weighted by Gasteiger charge is -2.12. The lowest BCUT2D eigenvalue weighted by atomic mass is 10.1. The number of hydrogen-bond donors (Lipinski definition) is 1. The number of methoxy groups -OCH3 is 2. The molecule has 0 fully saturated rings. The van der Waals surface area contributed by atoms with Crippen LogP contribution in [-0.2, 0) is 6.42 Å². The molecule has 4 aromatic rings. The highest BCUT2D eigenvalue weighted by Crippen LogP contribution is 2.27. The number of nitrogens with one attached hydrogen (secondary N) is 1. The van der Waals surface area contributed by atoms with E-state index in [1.807, 2.05) is 31.2 Å². The summed E-state index contributed by atoms with van der Waals surface area (Å²) in [6, 6.07) is 17.2. The van der Waals surface area contributed by atoms with E-state index in [0.717, 1.165) is 23.2 Å². The standard InChI is InChI=1S/C26H28N4O3/c1-5-6-7-18-8-10-19(11-9-18)30-28-23-14-17(2)22(16-24(23)29-30)27-26(31)21-13-12-20(32-3)15-25(21)33-4/h8-16H,5-7H2,1-4H3,(H,27,31). The number of rotatable bonds is 8. The number of aryl methyl sites for hydroxylation is 2. The van der Waals surface area contributed by atoms with Gasteiger partial charge in [-0.1, -0.05) is 25.5 Å². The van der Waals surface area contributed by atoms with Crippen molar-refractivity contribution in [3.05, 3.63) is 71.3 Å². The van der Waals surface area contributed by atoms with Gasteiger partial charge in [0, 0.05) is 11.8 Å². The van der Waals surface area contributed by atoms with Crippen LogP contribution in [0.5, 0.6) is 11.5 Å². The van der Waals surface area contributed by atoms with Crippen LogP contribution in [0.3, 0.4) is 0 Å². The molecule has 170 valence electrons. The van der Waals surface area contributed by atoms with Crippen LogP contribution < -0.4 is 14.8 Å². The van der Waals surface area contributed by atoms with Gasteiger partial charge in [-0.3, -0.25) is 4.79 Å². The molecule has 0 aliphatic carbocycles. The molecule has 7 heteroatoms. The summed E-state index contributed by atoms with van der Waals surface area (Å²) in [7, 11) is 3.10. The van der Waals surface area contributed by atoms with Crippen molar-refractivity contribution in [3.8, 4) is 17.2 Å². The van der Waals surface area contributed by atoms with Crippen molar-refractivity contribution in [2.45, 2.75) is 33.1 Å². The van der Waals surface area contributed by atoms with E-state index in [1.54, 1.807) is 30.1 Å². The van der Waals surface area contributed by atoms with Crippen LogP contribution in [0.2, 0.25) is 0 Å². The largest absolute Gasteiger partial charge is 0.497 e. The number of unbranched alkanes of at least 4 members (excludes halogenated alkanes) is 1. The Labute approximate surface area is 193 Å². The van der Waals surface area contributed by atoms with Crippen molar-refractivity contribution in [2.24, 2.45) is 0 Å². The van der Waals surface area contributed by atoms with E-state index in [-0.39, 0.29) is 5.91 Å². The van der Waals surface area contributed by atoms with Crippen LogP contribution in [0.15, 0.2) is 54.6 Å². The highest BCUT2D eigenvalue weighted by atomic mass is 16.5. The summed E-state index contributed by atoms with van der Waals surface area (Å²) in [5.41, 5.74) is 5.67. The number of ether oxygens (including phenoxy) is 2. The number of benzene rings is 3. The number of nitrogens with zero attached hydrogens (tertiary/aromatic N) is 3. The Kier molecular flexibility index (Phi) is 6.58. The molecule has 0 aliphatic heterocycles. The Hall–Kier alpha value is -3.87. The molecule has 0 saturated heterocycles. The van der Waals surface area contributed by atoms with E-state index in [2.05, 4.69) is 34.6 Å². The number of carbonyl (C=O) groups excluding carboxylic acids is 1. The molecule has 4 rings (SSSR count). The molecule has 0 aliphatic rings. The first kappa shape index (κ1) is 22.3. The summed E-state index contributed by atoms with van der Waals surface area (Å²) in [5, 5.41) is 12.2. The van der Waals surface area contributed by atoms with Gasteiger partial charge in [0.15, 0.2) is 0 Å². The molecular formula is C26H28N4O3. The maximum absolute atomic E-state index is 12.9. The molecule has 0 unspecified atom stereocenters. The normalized spacial score (nSPS) is 10.9. The number of hydrogen-bond acceptors (Lipinski definition) is 5. The van der Waals surface area contributed by atoms with Crippen molar-refractivity contribution in [1.29, 1.82) is 0 Å². The monoisotopic (exact) mass is 444 g/mol. The van der Waals surface area contributed by atoms with Gasteiger partial charge in [-0.2, -0.15) is 4.80 Å². The molecule has 0 atom stereocenters. The average molecular weight is 445 g/mol. The molecule has 0 radical (unpaired) electrons. The zero-order chi connectivity index (χ0) is 23.4. The molecule has 1 N–H and O–H groups in total. The van der Waals surface area contributed by atoms with Gasteiger partial charge in [0.1, 0.15) is 22.5 Å². The second-order valence-electron chi connectivity index (χ2n) is 7.94. The van der Waals surface area contributed by atoms with Crippen LogP contribution in [-0.4, -0.2) is 35.1 Å². The highest BCUT2D eigenvalue weighted by Gasteiger charge is 2.16. The van der Waals surface area contributed by atoms with Crippen LogP contribution >= 0.6 is 0 Å². The summed E-state index contributed by atoms with van der Waals surface area (Å²) in [4.78, 5) is 14.6. The fourth-order valence-corrected chi connectivity index (χ4v) is 3.67. The zero-order valence-electron chi connectivity index (χ0n) is 19.4. The maximum atomic E-state index is 12.9. The van der Waals surface area contributed by atoms with Crippen molar-refractivity contribution in [2.75, 3.05) is 19.5 Å². The summed E-state index contributed by atoms with van der Waals surface area (Å²) >= 11 is 0. The second kappa shape index (κ2) is 9.73. The van der Waals surface area contributed by atoms with Crippen LogP contribution in [0.4, 0.5) is 5.69 Å². The average Bonchev–Trinajstić information content (AvgIpc) is 3.25. The summed E-state index contributed by atoms with van der Waals surface area (Å²) in [5.74, 6) is 0.793. The fraction of sp³-hybridized carbons (Fsp3) is 0.269. The van der Waals surface area contributed by atoms with Gasteiger partial charge in [-0.25, -0.2) is 0 Å². The Morgan fingerprint density at radius 2 is 1.70 bits per heavy atom. The summed E-state index contributed by atoms with van der Waals surface area (Å²) in [6.45, 7) is 4.13. The van der Waals surface area contributed by atoms with Crippen LogP contribution in [0, 0.1) is 6.92 Å². The van der Waals surface area contributed by atoms with Crippen molar-refractivity contribution in [3.63, 3.8) is 0 Å². The minimum absolute atomic E-state index is 0.271. The number of anilines is 1. The first-order chi connectivity index (χ1) is 16.0. The zero-order valence-corrected chi connectivity index (χ0v) is 19.4. The third-order valence-electron chi connectivity index (χ3n) is 5.61. The quantitative estimate of drug-likeness (QED) is 0.397. The lowest BCUT2D eigenvalue weighted by Crippen LogP contribution is -2.14. The molecule has 1 aromatic heterocycles. The van der Waals surface area contributed by atoms with Gasteiger partial charge in [0.05, 0.1) is 25.5 Å². The van der Waals surface area contributed by atoms with E-state index < -0.39 is 0 Å². The van der Waals surface area contributed by atoms with Crippen LogP contribution in [0.1, 0.15) is 41.3 Å². The molecule has 1 heterocycles. The second-order valence-corrected chi connectivity index (χ2v) is 7.94. The van der Waals surface area contributed by atoms with Gasteiger partial charge in [0.2, 0.25) is 0 Å². The van der Waals surface area contributed by atoms with Crippen molar-refractivity contribution >= 4 is 22.6 Å². The van der Waals surface area contributed by atoms with E-state index in [4.69, 9.17) is 9.47 Å². The maximum Gasteiger partial charge on any atom is 0.259 e. The molecule has 7 nitrogen and oxygen atoms in total. The Morgan fingerprint density at radius 1 is 0.970 bits per heavy atom. The minimum Gasteiger partial charge on any atom is -0.497 e. The lowest BCUT2D eigenvalue weighted by molar-refractivity contribution is 0.102. The van der Waals surface area contributed by atoms with Gasteiger partial charge in [-0.15, -0.1) is 10.2 Å². The third-order valence-corrected chi connectivity index (χ3v) is 5.61. The molecule has 0 saturated carbocycles. The van der Waals surface area contributed by atoms with E-state index in [9.17, 15) is 4.79 Å². The first-order valence-electron chi connectivity index (χ1n) is 11.0. The predicted molar refractivity (Wildman–Crippen MR) is 130 cm³/mol. The minimum atomic E-state index is -0.271. The number of aromatic nitrogens is 3. The van der Waals surface area contributed by atoms with E-state index in [0.29, 0.717) is 28.3 Å². The van der Waals surface area contributed by atoms with Gasteiger partial charge < -0.3 is 14.8 Å². The topological polar surface area (TPSA) is 78.3 Å². The third kappa shape index (κ3) is 4.82. The van der Waals surface area contributed by atoms with Gasteiger partial charge in [0.25, 0.3) is 5.91 Å². The fourth-order valence-electron chi connectivity index (χ4n) is 3.67. The number of carbonyl (C=O) groups is 1.